The Kier molecular flexibility index (Phi) is 6.80. The summed E-state index contributed by atoms with van der Waals surface area (Å²) in [5.74, 6) is 2.39. The molecule has 31 heavy (non-hydrogen) atoms. The van der Waals surface area contributed by atoms with Gasteiger partial charge in [-0.3, -0.25) is 4.90 Å². The topological polar surface area (TPSA) is 93.7 Å². The summed E-state index contributed by atoms with van der Waals surface area (Å²) in [5.41, 5.74) is 7.54. The summed E-state index contributed by atoms with van der Waals surface area (Å²) < 4.78 is 26.0. The first-order valence-electron chi connectivity index (χ1n) is 9.65. The van der Waals surface area contributed by atoms with Crippen LogP contribution < -0.4 is 15.2 Å². The number of anilines is 1. The van der Waals surface area contributed by atoms with Gasteiger partial charge in [0.05, 0.1) is 28.5 Å². The molecule has 2 aromatic carbocycles. The van der Waals surface area contributed by atoms with Gasteiger partial charge >= 0.3 is 0 Å². The molecule has 2 heterocycles. The van der Waals surface area contributed by atoms with E-state index < -0.39 is 11.9 Å². The van der Waals surface area contributed by atoms with E-state index in [2.05, 4.69) is 30.8 Å². The lowest BCUT2D eigenvalue weighted by molar-refractivity contribution is 0.0768. The molecule has 1 aromatic heterocycles. The number of nitrogens with zero attached hydrogens (tertiary/aromatic N) is 3. The van der Waals surface area contributed by atoms with Crippen molar-refractivity contribution < 1.29 is 19.0 Å². The number of hydrogen-bond donors (Lipinski definition) is 2. The van der Waals surface area contributed by atoms with E-state index in [4.69, 9.17) is 15.2 Å². The van der Waals surface area contributed by atoms with Crippen LogP contribution in [0.25, 0.3) is 22.2 Å². The number of fused-ring (bicyclic) bond motifs is 1. The van der Waals surface area contributed by atoms with Gasteiger partial charge in [-0.05, 0) is 34.1 Å². The number of nitrogens with two attached hydrogens (primary N) is 1. The van der Waals surface area contributed by atoms with Crippen LogP contribution >= 0.6 is 27.7 Å². The molecule has 0 aliphatic carbocycles. The average Bonchev–Trinajstić information content (AvgIpc) is 3.28. The number of methoxy groups -OCH3 is 1. The van der Waals surface area contributed by atoms with Crippen molar-refractivity contribution in [3.05, 3.63) is 40.9 Å². The largest absolute Gasteiger partial charge is 0.493 e. The van der Waals surface area contributed by atoms with Gasteiger partial charge in [0.15, 0.2) is 17.3 Å². The van der Waals surface area contributed by atoms with Gasteiger partial charge in [0.1, 0.15) is 19.0 Å². The fourth-order valence-corrected chi connectivity index (χ4v) is 4.81. The summed E-state index contributed by atoms with van der Waals surface area (Å²) >= 11 is 5.00. The molecule has 10 heteroatoms. The third-order valence-electron chi connectivity index (χ3n) is 5.03. The number of β-amino-alcohol motifs (C(OH)–C–C–N with tert-alkyl or cyclic N) is 1. The molecular weight excluding hydrogens is 487 g/mol. The highest BCUT2D eigenvalue weighted by molar-refractivity contribution is 9.10. The lowest BCUT2D eigenvalue weighted by Crippen LogP contribution is -2.33. The Balaban J connectivity index is 1.63. The minimum atomic E-state index is -0.620. The monoisotopic (exact) mass is 508 g/mol. The maximum atomic E-state index is 14.3. The summed E-state index contributed by atoms with van der Waals surface area (Å²) in [5, 5.41) is 11.0. The van der Waals surface area contributed by atoms with Crippen molar-refractivity contribution in [1.29, 1.82) is 0 Å². The minimum Gasteiger partial charge on any atom is -0.493 e. The van der Waals surface area contributed by atoms with Crippen molar-refractivity contribution >= 4 is 44.3 Å². The summed E-state index contributed by atoms with van der Waals surface area (Å²) in [6, 6.07) is 6.75. The standard InChI is InChI=1S/C21H22BrFN4O3S/c1-29-17-6-14-16(7-18(17)30-9-12(28)8-27-4-5-31-11-27)25-10-26-21(14)13-2-3-15(22)19(23)20(13)24/h2-3,6-7,10,12,28H,4-5,8-9,11,24H2,1H3. The second-order valence-corrected chi connectivity index (χ2v) is 9.07. The van der Waals surface area contributed by atoms with Crippen LogP contribution in [0.3, 0.4) is 0 Å². The first-order valence-corrected chi connectivity index (χ1v) is 11.6. The third-order valence-corrected chi connectivity index (χ3v) is 6.67. The van der Waals surface area contributed by atoms with Gasteiger partial charge in [0, 0.05) is 41.7 Å². The summed E-state index contributed by atoms with van der Waals surface area (Å²) in [6.45, 7) is 1.66. The van der Waals surface area contributed by atoms with Crippen LogP contribution in [-0.4, -0.2) is 64.5 Å². The van der Waals surface area contributed by atoms with Gasteiger partial charge in [-0.25, -0.2) is 14.4 Å². The second kappa shape index (κ2) is 9.56. The average molecular weight is 509 g/mol. The van der Waals surface area contributed by atoms with Crippen LogP contribution in [-0.2, 0) is 0 Å². The van der Waals surface area contributed by atoms with Gasteiger partial charge in [-0.1, -0.05) is 0 Å². The van der Waals surface area contributed by atoms with Crippen molar-refractivity contribution in [3.63, 3.8) is 0 Å². The van der Waals surface area contributed by atoms with Crippen molar-refractivity contribution in [2.24, 2.45) is 0 Å². The molecular formula is C21H22BrFN4O3S. The van der Waals surface area contributed by atoms with E-state index in [1.807, 2.05) is 11.8 Å². The van der Waals surface area contributed by atoms with Gasteiger partial charge in [-0.2, -0.15) is 0 Å². The Bertz CT molecular complexity index is 1100. The Morgan fingerprint density at radius 1 is 1.32 bits per heavy atom. The zero-order chi connectivity index (χ0) is 22.0. The number of hydrogen-bond acceptors (Lipinski definition) is 8. The molecule has 1 saturated heterocycles. The highest BCUT2D eigenvalue weighted by atomic mass is 79.9. The van der Waals surface area contributed by atoms with E-state index in [1.165, 1.54) is 13.4 Å². The molecule has 1 fully saturated rings. The summed E-state index contributed by atoms with van der Waals surface area (Å²) in [4.78, 5) is 10.8. The number of benzene rings is 2. The molecule has 1 atom stereocenters. The first-order chi connectivity index (χ1) is 15.0. The number of aliphatic hydroxyl groups excluding tert-OH is 1. The quantitative estimate of drug-likeness (QED) is 0.468. The van der Waals surface area contributed by atoms with E-state index in [1.54, 1.807) is 24.3 Å². The van der Waals surface area contributed by atoms with Gasteiger partial charge in [0.2, 0.25) is 0 Å². The maximum absolute atomic E-state index is 14.3. The predicted molar refractivity (Wildman–Crippen MR) is 124 cm³/mol. The minimum absolute atomic E-state index is 0.00290. The first kappa shape index (κ1) is 22.1. The molecule has 3 N–H and O–H groups in total. The lowest BCUT2D eigenvalue weighted by atomic mass is 10.0. The normalized spacial score (nSPS) is 15.4. The van der Waals surface area contributed by atoms with E-state index in [0.29, 0.717) is 40.2 Å². The second-order valence-electron chi connectivity index (χ2n) is 7.14. The van der Waals surface area contributed by atoms with Crippen LogP contribution in [0.15, 0.2) is 35.1 Å². The number of thioether (sulfide) groups is 1. The highest BCUT2D eigenvalue weighted by Gasteiger charge is 2.19. The molecule has 0 bridgehead atoms. The third kappa shape index (κ3) is 4.72. The van der Waals surface area contributed by atoms with E-state index >= 15 is 0 Å². The zero-order valence-corrected chi connectivity index (χ0v) is 19.2. The van der Waals surface area contributed by atoms with Crippen LogP contribution in [0.2, 0.25) is 0 Å². The fraction of sp³-hybridized carbons (Fsp3) is 0.333. The fourth-order valence-electron chi connectivity index (χ4n) is 3.46. The van der Waals surface area contributed by atoms with E-state index in [9.17, 15) is 9.50 Å². The van der Waals surface area contributed by atoms with Crippen molar-refractivity contribution in [2.45, 2.75) is 6.10 Å². The zero-order valence-electron chi connectivity index (χ0n) is 16.8. The molecule has 1 aliphatic rings. The van der Waals surface area contributed by atoms with Crippen LogP contribution in [0.4, 0.5) is 10.1 Å². The molecule has 0 spiro atoms. The van der Waals surface area contributed by atoms with Crippen LogP contribution in [0.1, 0.15) is 0 Å². The number of aromatic nitrogens is 2. The molecule has 7 nitrogen and oxygen atoms in total. The number of nitrogen functional groups attached to an aromatic ring is 1. The Morgan fingerprint density at radius 3 is 2.90 bits per heavy atom. The molecule has 0 amide bonds. The van der Waals surface area contributed by atoms with Gasteiger partial charge in [0.25, 0.3) is 0 Å². The van der Waals surface area contributed by atoms with Gasteiger partial charge in [-0.15, -0.1) is 11.8 Å². The van der Waals surface area contributed by atoms with Crippen LogP contribution in [0.5, 0.6) is 11.5 Å². The predicted octanol–water partition coefficient (Wildman–Crippen LogP) is 3.54. The summed E-state index contributed by atoms with van der Waals surface area (Å²) in [7, 11) is 1.53. The Labute approximate surface area is 191 Å². The van der Waals surface area contributed by atoms with E-state index in [-0.39, 0.29) is 16.8 Å². The molecule has 1 aliphatic heterocycles. The molecule has 3 aromatic rings. The molecule has 4 rings (SSSR count). The summed E-state index contributed by atoms with van der Waals surface area (Å²) in [6.07, 6.45) is 0.776. The van der Waals surface area contributed by atoms with Crippen molar-refractivity contribution in [2.75, 3.05) is 44.2 Å². The molecule has 164 valence electrons. The van der Waals surface area contributed by atoms with Crippen molar-refractivity contribution in [3.8, 4) is 22.8 Å². The Hall–Kier alpha value is -2.14. The highest BCUT2D eigenvalue weighted by Crippen LogP contribution is 2.38. The van der Waals surface area contributed by atoms with E-state index in [0.717, 1.165) is 18.2 Å². The molecule has 0 radical (unpaired) electrons. The maximum Gasteiger partial charge on any atom is 0.163 e. The number of rotatable bonds is 7. The smallest absolute Gasteiger partial charge is 0.163 e. The molecule has 0 saturated carbocycles. The van der Waals surface area contributed by atoms with Crippen molar-refractivity contribution in [1.82, 2.24) is 14.9 Å². The SMILES string of the molecule is COc1cc2c(-c3ccc(Br)c(F)c3N)ncnc2cc1OCC(O)CN1CCSC1. The molecule has 1 unspecified atom stereocenters. The van der Waals surface area contributed by atoms with Crippen LogP contribution in [0, 0.1) is 5.82 Å². The number of ether oxygens (including phenoxy) is 2. The lowest BCUT2D eigenvalue weighted by Gasteiger charge is -2.20. The number of halogens is 2. The van der Waals surface area contributed by atoms with Gasteiger partial charge < -0.3 is 20.3 Å². The Morgan fingerprint density at radius 2 is 2.16 bits per heavy atom. The number of aliphatic hydroxyl groups is 1.